The van der Waals surface area contributed by atoms with Crippen LogP contribution in [0.25, 0.3) is 0 Å². The molecule has 2 atom stereocenters. The van der Waals surface area contributed by atoms with Gasteiger partial charge in [-0.25, -0.2) is 4.79 Å². The van der Waals surface area contributed by atoms with Gasteiger partial charge in [-0.05, 0) is 65.3 Å². The van der Waals surface area contributed by atoms with Crippen LogP contribution in [0, 0.1) is 0 Å². The first-order valence-corrected chi connectivity index (χ1v) is 13.9. The van der Waals surface area contributed by atoms with Crippen LogP contribution in [0.4, 0.5) is 0 Å². The smallest absolute Gasteiger partial charge is 0.329 e. The first kappa shape index (κ1) is 27.2. The van der Waals surface area contributed by atoms with E-state index in [0.29, 0.717) is 24.9 Å². The molecule has 3 aromatic carbocycles. The minimum absolute atomic E-state index is 0.232. The summed E-state index contributed by atoms with van der Waals surface area (Å²) in [5.41, 5.74) is 5.16. The number of rotatable bonds is 11. The third-order valence-corrected chi connectivity index (χ3v) is 7.97. The first-order chi connectivity index (χ1) is 19.1. The summed E-state index contributed by atoms with van der Waals surface area (Å²) in [5.74, 6) is 0.909. The number of carboxylic acids is 1. The van der Waals surface area contributed by atoms with Crippen molar-refractivity contribution in [3.63, 3.8) is 0 Å². The van der Waals surface area contributed by atoms with Gasteiger partial charge in [0.2, 0.25) is 0 Å². The molecule has 0 bridgehead atoms. The molecule has 0 spiro atoms. The van der Waals surface area contributed by atoms with E-state index in [9.17, 15) is 9.90 Å². The molecule has 7 heteroatoms. The number of carboxylic acid groups (broad SMARTS) is 1. The molecule has 0 unspecified atom stereocenters. The van der Waals surface area contributed by atoms with Crippen LogP contribution in [0.2, 0.25) is 0 Å². The zero-order valence-electron chi connectivity index (χ0n) is 22.4. The van der Waals surface area contributed by atoms with Crippen LogP contribution in [-0.2, 0) is 16.0 Å². The maximum absolute atomic E-state index is 10.5. The molecule has 1 saturated heterocycles. The van der Waals surface area contributed by atoms with Gasteiger partial charge in [-0.1, -0.05) is 48.5 Å². The Morgan fingerprint density at radius 1 is 0.846 bits per heavy atom. The van der Waals surface area contributed by atoms with Gasteiger partial charge >= 0.3 is 5.97 Å². The molecule has 7 nitrogen and oxygen atoms in total. The normalized spacial score (nSPS) is 19.9. The number of benzene rings is 3. The summed E-state index contributed by atoms with van der Waals surface area (Å²) in [6, 6.07) is 25.2. The number of hydrogen-bond acceptors (Lipinski definition) is 6. The Morgan fingerprint density at radius 2 is 1.54 bits per heavy atom. The third kappa shape index (κ3) is 7.18. The first-order valence-electron chi connectivity index (χ1n) is 13.9. The van der Waals surface area contributed by atoms with Crippen molar-refractivity contribution in [2.24, 2.45) is 0 Å². The summed E-state index contributed by atoms with van der Waals surface area (Å²) in [6.07, 6.45) is 2.01. The number of fused-ring (bicyclic) bond motifs is 1. The van der Waals surface area contributed by atoms with Crippen molar-refractivity contribution in [2.45, 2.75) is 24.7 Å². The molecule has 2 aliphatic rings. The number of aromatic hydroxyl groups is 1. The second kappa shape index (κ2) is 13.1. The van der Waals surface area contributed by atoms with Crippen LogP contribution in [0.3, 0.4) is 0 Å². The highest BCUT2D eigenvalue weighted by Gasteiger charge is 2.32. The lowest BCUT2D eigenvalue weighted by molar-refractivity contribution is -0.142. The van der Waals surface area contributed by atoms with Crippen molar-refractivity contribution in [1.29, 1.82) is 0 Å². The molecule has 1 heterocycles. The van der Waals surface area contributed by atoms with E-state index in [4.69, 9.17) is 14.6 Å². The lowest BCUT2D eigenvalue weighted by Crippen LogP contribution is -2.48. The quantitative estimate of drug-likeness (QED) is 0.357. The number of aliphatic carboxylic acids is 1. The fourth-order valence-electron chi connectivity index (χ4n) is 5.93. The maximum atomic E-state index is 10.5. The zero-order chi connectivity index (χ0) is 27.0. The Balaban J connectivity index is 1.15. The SMILES string of the molecule is O=C(O)COCCN1CCN(CCOc2ccc([C@@H]3c4ccc(O)cc4CC[C@@H]3c3ccccc3)cc2)CC1. The van der Waals surface area contributed by atoms with E-state index in [1.165, 1.54) is 22.3 Å². The molecule has 39 heavy (non-hydrogen) atoms. The Morgan fingerprint density at radius 3 is 2.23 bits per heavy atom. The van der Waals surface area contributed by atoms with Crippen molar-refractivity contribution in [2.75, 3.05) is 59.1 Å². The van der Waals surface area contributed by atoms with Crippen molar-refractivity contribution in [3.8, 4) is 11.5 Å². The standard InChI is InChI=1S/C32H38N2O5/c35-27-9-13-30-26(22-27)8-12-29(24-4-2-1-3-5-24)32(30)25-6-10-28(11-7-25)39-21-19-34-16-14-33(15-17-34)18-20-38-23-31(36)37/h1-7,9-11,13,22,29,32,35H,8,12,14-21,23H2,(H,36,37)/t29-,32+/m1/s1. The summed E-state index contributed by atoms with van der Waals surface area (Å²) < 4.78 is 11.3. The highest BCUT2D eigenvalue weighted by atomic mass is 16.5. The van der Waals surface area contributed by atoms with Crippen LogP contribution >= 0.6 is 0 Å². The van der Waals surface area contributed by atoms with Gasteiger partial charge in [0.25, 0.3) is 0 Å². The molecule has 5 rings (SSSR count). The van der Waals surface area contributed by atoms with Crippen LogP contribution < -0.4 is 4.74 Å². The number of phenolic OH excluding ortho intramolecular Hbond substituents is 1. The van der Waals surface area contributed by atoms with Gasteiger partial charge in [0.15, 0.2) is 0 Å². The molecule has 0 amide bonds. The molecule has 1 aliphatic heterocycles. The van der Waals surface area contributed by atoms with Gasteiger partial charge < -0.3 is 19.7 Å². The summed E-state index contributed by atoms with van der Waals surface area (Å²) in [5, 5.41) is 18.7. The van der Waals surface area contributed by atoms with E-state index < -0.39 is 5.97 Å². The molecule has 0 saturated carbocycles. The van der Waals surface area contributed by atoms with Gasteiger partial charge in [0, 0.05) is 45.2 Å². The van der Waals surface area contributed by atoms with Gasteiger partial charge in [-0.15, -0.1) is 0 Å². The van der Waals surface area contributed by atoms with Crippen molar-refractivity contribution < 1.29 is 24.5 Å². The van der Waals surface area contributed by atoms with Crippen LogP contribution in [0.15, 0.2) is 72.8 Å². The van der Waals surface area contributed by atoms with E-state index in [2.05, 4.69) is 70.5 Å². The maximum Gasteiger partial charge on any atom is 0.329 e. The molecule has 1 aliphatic carbocycles. The minimum atomic E-state index is -0.925. The highest BCUT2D eigenvalue weighted by molar-refractivity contribution is 5.67. The van der Waals surface area contributed by atoms with Gasteiger partial charge in [-0.3, -0.25) is 9.80 Å². The average molecular weight is 531 g/mol. The molecule has 0 aromatic heterocycles. The topological polar surface area (TPSA) is 82.5 Å². The number of ether oxygens (including phenoxy) is 2. The van der Waals surface area contributed by atoms with Crippen LogP contribution in [0.1, 0.15) is 40.5 Å². The second-order valence-corrected chi connectivity index (χ2v) is 10.5. The number of aryl methyl sites for hydroxylation is 1. The summed E-state index contributed by atoms with van der Waals surface area (Å²) in [6.45, 7) is 6.35. The Hall–Kier alpha value is -3.39. The van der Waals surface area contributed by atoms with Gasteiger partial charge in [-0.2, -0.15) is 0 Å². The van der Waals surface area contributed by atoms with Crippen molar-refractivity contribution in [3.05, 3.63) is 95.1 Å². The zero-order valence-corrected chi connectivity index (χ0v) is 22.4. The van der Waals surface area contributed by atoms with Gasteiger partial charge in [0.1, 0.15) is 24.7 Å². The number of nitrogens with zero attached hydrogens (tertiary/aromatic N) is 2. The Bertz CT molecular complexity index is 1210. The molecule has 1 fully saturated rings. The summed E-state index contributed by atoms with van der Waals surface area (Å²) in [7, 11) is 0. The lowest BCUT2D eigenvalue weighted by atomic mass is 9.69. The molecular weight excluding hydrogens is 492 g/mol. The molecular formula is C32H38N2O5. The second-order valence-electron chi connectivity index (χ2n) is 10.5. The average Bonchev–Trinajstić information content (AvgIpc) is 2.96. The number of piperazine rings is 1. The Labute approximate surface area is 230 Å². The van der Waals surface area contributed by atoms with E-state index >= 15 is 0 Å². The fraction of sp³-hybridized carbons (Fsp3) is 0.406. The molecule has 2 N–H and O–H groups in total. The van der Waals surface area contributed by atoms with E-state index in [1.54, 1.807) is 0 Å². The summed E-state index contributed by atoms with van der Waals surface area (Å²) in [4.78, 5) is 15.3. The van der Waals surface area contributed by atoms with E-state index in [-0.39, 0.29) is 12.5 Å². The van der Waals surface area contributed by atoms with Crippen LogP contribution in [0.5, 0.6) is 11.5 Å². The number of carbonyl (C=O) groups is 1. The molecule has 3 aromatic rings. The number of phenols is 1. The van der Waals surface area contributed by atoms with E-state index in [0.717, 1.165) is 57.9 Å². The van der Waals surface area contributed by atoms with Crippen LogP contribution in [-0.4, -0.2) is 85.1 Å². The minimum Gasteiger partial charge on any atom is -0.508 e. The number of hydrogen-bond donors (Lipinski definition) is 2. The predicted molar refractivity (Wildman–Crippen MR) is 151 cm³/mol. The lowest BCUT2D eigenvalue weighted by Gasteiger charge is -2.35. The summed E-state index contributed by atoms with van der Waals surface area (Å²) >= 11 is 0. The van der Waals surface area contributed by atoms with E-state index in [1.807, 2.05) is 12.1 Å². The largest absolute Gasteiger partial charge is 0.508 e. The molecule has 206 valence electrons. The monoisotopic (exact) mass is 530 g/mol. The fourth-order valence-corrected chi connectivity index (χ4v) is 5.93. The van der Waals surface area contributed by atoms with Crippen molar-refractivity contribution in [1.82, 2.24) is 9.80 Å². The third-order valence-electron chi connectivity index (χ3n) is 7.97. The predicted octanol–water partition coefficient (Wildman–Crippen LogP) is 4.35. The molecule has 0 radical (unpaired) electrons. The van der Waals surface area contributed by atoms with Gasteiger partial charge in [0.05, 0.1) is 6.61 Å². The Kier molecular flexibility index (Phi) is 9.14. The van der Waals surface area contributed by atoms with Crippen molar-refractivity contribution >= 4 is 5.97 Å². The highest BCUT2D eigenvalue weighted by Crippen LogP contribution is 2.47.